The highest BCUT2D eigenvalue weighted by molar-refractivity contribution is 8.00. The second-order valence-corrected chi connectivity index (χ2v) is 8.75. The predicted molar refractivity (Wildman–Crippen MR) is 106 cm³/mol. The van der Waals surface area contributed by atoms with Crippen LogP contribution in [0.5, 0.6) is 0 Å². The average molecular weight is 395 g/mol. The molecule has 0 spiro atoms. The summed E-state index contributed by atoms with van der Waals surface area (Å²) in [6, 6.07) is 7.86. The lowest BCUT2D eigenvalue weighted by Gasteiger charge is -2.33. The van der Waals surface area contributed by atoms with Crippen molar-refractivity contribution in [1.82, 2.24) is 10.2 Å². The Labute approximate surface area is 165 Å². The maximum Gasteiger partial charge on any atom is 0.232 e. The second kappa shape index (κ2) is 9.65. The molecule has 2 amide bonds. The Balaban J connectivity index is 1.46. The molecule has 1 atom stereocenters. The number of carbonyl (C=O) groups is 2. The van der Waals surface area contributed by atoms with E-state index in [4.69, 9.17) is 11.6 Å². The summed E-state index contributed by atoms with van der Waals surface area (Å²) in [6.07, 6.45) is 7.68. The number of amides is 2. The molecule has 142 valence electrons. The van der Waals surface area contributed by atoms with E-state index in [2.05, 4.69) is 5.32 Å². The minimum absolute atomic E-state index is 0.0600. The fraction of sp³-hybridized carbons (Fsp3) is 0.600. The van der Waals surface area contributed by atoms with Crippen molar-refractivity contribution in [1.29, 1.82) is 0 Å². The zero-order valence-electron chi connectivity index (χ0n) is 15.1. The van der Waals surface area contributed by atoms with Crippen molar-refractivity contribution >= 4 is 35.2 Å². The van der Waals surface area contributed by atoms with Gasteiger partial charge in [0.05, 0.1) is 11.7 Å². The zero-order chi connectivity index (χ0) is 18.4. The zero-order valence-corrected chi connectivity index (χ0v) is 16.7. The highest BCUT2D eigenvalue weighted by atomic mass is 35.5. The Morgan fingerprint density at radius 1 is 1.08 bits per heavy atom. The van der Waals surface area contributed by atoms with Crippen LogP contribution in [0.4, 0.5) is 0 Å². The highest BCUT2D eigenvalue weighted by Crippen LogP contribution is 2.23. The number of nitrogens with one attached hydrogen (secondary N) is 1. The van der Waals surface area contributed by atoms with Crippen LogP contribution in [0.15, 0.2) is 29.2 Å². The molecule has 1 aromatic carbocycles. The molecule has 1 unspecified atom stereocenters. The third-order valence-corrected chi connectivity index (χ3v) is 6.52. The Kier molecular flexibility index (Phi) is 7.26. The monoisotopic (exact) mass is 394 g/mol. The van der Waals surface area contributed by atoms with Gasteiger partial charge in [-0.3, -0.25) is 9.59 Å². The van der Waals surface area contributed by atoms with Gasteiger partial charge in [-0.15, -0.1) is 11.8 Å². The molecule has 0 bridgehead atoms. The maximum atomic E-state index is 12.6. The molecule has 1 saturated heterocycles. The summed E-state index contributed by atoms with van der Waals surface area (Å²) in [5.74, 6) is 0.591. The van der Waals surface area contributed by atoms with Crippen LogP contribution in [0.3, 0.4) is 0 Å². The lowest BCUT2D eigenvalue weighted by Crippen LogP contribution is -2.48. The first kappa shape index (κ1) is 19.6. The molecule has 0 radical (unpaired) electrons. The molecular weight excluding hydrogens is 368 g/mol. The van der Waals surface area contributed by atoms with Crippen molar-refractivity contribution in [2.75, 3.05) is 18.8 Å². The normalized spacial score (nSPS) is 21.4. The molecule has 2 aliphatic rings. The van der Waals surface area contributed by atoms with Gasteiger partial charge in [0.2, 0.25) is 11.8 Å². The van der Waals surface area contributed by atoms with Gasteiger partial charge in [0, 0.05) is 29.0 Å². The highest BCUT2D eigenvalue weighted by Gasteiger charge is 2.29. The van der Waals surface area contributed by atoms with Crippen molar-refractivity contribution in [2.45, 2.75) is 55.9 Å². The van der Waals surface area contributed by atoms with Gasteiger partial charge in [-0.2, -0.15) is 0 Å². The van der Waals surface area contributed by atoms with Crippen LogP contribution in [0, 0.1) is 5.92 Å². The number of rotatable bonds is 5. The van der Waals surface area contributed by atoms with Gasteiger partial charge in [0.1, 0.15) is 0 Å². The minimum Gasteiger partial charge on any atom is -0.353 e. The van der Waals surface area contributed by atoms with Gasteiger partial charge in [-0.05, 0) is 49.9 Å². The summed E-state index contributed by atoms with van der Waals surface area (Å²) >= 11 is 7.41. The summed E-state index contributed by atoms with van der Waals surface area (Å²) in [6.45, 7) is 1.31. The Hall–Kier alpha value is -1.20. The number of benzene rings is 1. The van der Waals surface area contributed by atoms with Crippen LogP contribution in [-0.4, -0.2) is 41.6 Å². The van der Waals surface area contributed by atoms with Crippen molar-refractivity contribution in [3.8, 4) is 0 Å². The molecule has 1 aliphatic heterocycles. The van der Waals surface area contributed by atoms with Crippen molar-refractivity contribution < 1.29 is 9.59 Å². The quantitative estimate of drug-likeness (QED) is 0.764. The van der Waals surface area contributed by atoms with E-state index in [1.165, 1.54) is 31.0 Å². The topological polar surface area (TPSA) is 49.4 Å². The third kappa shape index (κ3) is 5.65. The first-order valence-electron chi connectivity index (χ1n) is 9.58. The van der Waals surface area contributed by atoms with Crippen molar-refractivity contribution in [3.63, 3.8) is 0 Å². The van der Waals surface area contributed by atoms with Crippen molar-refractivity contribution in [3.05, 3.63) is 29.3 Å². The van der Waals surface area contributed by atoms with E-state index in [0.717, 1.165) is 37.1 Å². The number of nitrogens with zero attached hydrogens (tertiary/aromatic N) is 1. The molecular formula is C20H27ClN2O2S. The summed E-state index contributed by atoms with van der Waals surface area (Å²) in [5, 5.41) is 3.91. The number of hydrogen-bond donors (Lipinski definition) is 1. The van der Waals surface area contributed by atoms with Crippen molar-refractivity contribution in [2.24, 2.45) is 5.92 Å². The Morgan fingerprint density at radius 3 is 2.54 bits per heavy atom. The van der Waals surface area contributed by atoms with Crippen LogP contribution in [0.25, 0.3) is 0 Å². The van der Waals surface area contributed by atoms with Gasteiger partial charge in [-0.25, -0.2) is 0 Å². The molecule has 3 rings (SSSR count). The molecule has 1 aromatic rings. The smallest absolute Gasteiger partial charge is 0.232 e. The molecule has 0 aromatic heterocycles. The molecule has 1 N–H and O–H groups in total. The molecule has 1 aliphatic carbocycles. The number of piperidine rings is 1. The number of thioether (sulfide) groups is 1. The van der Waals surface area contributed by atoms with E-state index in [-0.39, 0.29) is 17.7 Å². The molecule has 4 nitrogen and oxygen atoms in total. The fourth-order valence-corrected chi connectivity index (χ4v) is 4.68. The van der Waals surface area contributed by atoms with Gasteiger partial charge in [0.15, 0.2) is 0 Å². The fourth-order valence-electron chi connectivity index (χ4n) is 3.75. The minimum atomic E-state index is -0.0600. The number of likely N-dealkylation sites (tertiary alicyclic amines) is 1. The third-order valence-electron chi connectivity index (χ3n) is 5.27. The summed E-state index contributed by atoms with van der Waals surface area (Å²) in [4.78, 5) is 28.0. The van der Waals surface area contributed by atoms with E-state index < -0.39 is 0 Å². The Bertz CT molecular complexity index is 617. The standard InChI is InChI=1S/C20H27ClN2O2S/c21-16-8-10-18(11-9-16)26-14-19(24)23-12-4-5-15(13-23)20(25)22-17-6-2-1-3-7-17/h8-11,15,17H,1-7,12-14H2,(H,22,25). The van der Waals surface area contributed by atoms with E-state index in [1.54, 1.807) is 0 Å². The van der Waals surface area contributed by atoms with E-state index in [0.29, 0.717) is 23.4 Å². The average Bonchev–Trinajstić information content (AvgIpc) is 2.68. The summed E-state index contributed by atoms with van der Waals surface area (Å²) in [7, 11) is 0. The van der Waals surface area contributed by atoms with E-state index >= 15 is 0 Å². The van der Waals surface area contributed by atoms with E-state index in [9.17, 15) is 9.59 Å². The lowest BCUT2D eigenvalue weighted by atomic mass is 9.93. The van der Waals surface area contributed by atoms with Gasteiger partial charge < -0.3 is 10.2 Å². The van der Waals surface area contributed by atoms with Crippen LogP contribution < -0.4 is 5.32 Å². The van der Waals surface area contributed by atoms with Crippen LogP contribution in [0.1, 0.15) is 44.9 Å². The lowest BCUT2D eigenvalue weighted by molar-refractivity contribution is -0.134. The Morgan fingerprint density at radius 2 is 1.81 bits per heavy atom. The number of carbonyl (C=O) groups excluding carboxylic acids is 2. The van der Waals surface area contributed by atoms with Gasteiger partial charge in [-0.1, -0.05) is 30.9 Å². The van der Waals surface area contributed by atoms with Gasteiger partial charge >= 0.3 is 0 Å². The molecule has 2 fully saturated rings. The second-order valence-electron chi connectivity index (χ2n) is 7.27. The number of hydrogen-bond acceptors (Lipinski definition) is 3. The first-order valence-corrected chi connectivity index (χ1v) is 10.9. The van der Waals surface area contributed by atoms with Crippen LogP contribution >= 0.6 is 23.4 Å². The molecule has 6 heteroatoms. The van der Waals surface area contributed by atoms with Crippen LogP contribution in [-0.2, 0) is 9.59 Å². The number of halogens is 1. The molecule has 1 saturated carbocycles. The SMILES string of the molecule is O=C(NC1CCCCC1)C1CCCN(C(=O)CSc2ccc(Cl)cc2)C1. The van der Waals surface area contributed by atoms with E-state index in [1.807, 2.05) is 29.2 Å². The first-order chi connectivity index (χ1) is 12.6. The summed E-state index contributed by atoms with van der Waals surface area (Å²) in [5.41, 5.74) is 0. The molecule has 26 heavy (non-hydrogen) atoms. The van der Waals surface area contributed by atoms with Gasteiger partial charge in [0.25, 0.3) is 0 Å². The predicted octanol–water partition coefficient (Wildman–Crippen LogP) is 4.12. The molecule has 1 heterocycles. The maximum absolute atomic E-state index is 12.6. The van der Waals surface area contributed by atoms with Crippen LogP contribution in [0.2, 0.25) is 5.02 Å². The largest absolute Gasteiger partial charge is 0.353 e. The summed E-state index contributed by atoms with van der Waals surface area (Å²) < 4.78 is 0.